The van der Waals surface area contributed by atoms with E-state index < -0.39 is 5.91 Å². The van der Waals surface area contributed by atoms with Crippen molar-refractivity contribution < 1.29 is 4.79 Å². The molecule has 19 heavy (non-hydrogen) atoms. The van der Waals surface area contributed by atoms with E-state index in [1.54, 1.807) is 16.8 Å². The predicted octanol–water partition coefficient (Wildman–Crippen LogP) is 1.73. The number of primary amides is 1. The fourth-order valence-electron chi connectivity index (χ4n) is 2.37. The maximum absolute atomic E-state index is 11.3. The van der Waals surface area contributed by atoms with E-state index in [0.717, 1.165) is 17.8 Å². The standard InChI is InChI=1S/C14H18N4O/c1-4-10-8(2)17-18(9(10)3)12-7-5-6-11(13(12)15)14(16)19/h5-7H,4,15H2,1-3H3,(H2,16,19). The monoisotopic (exact) mass is 258 g/mol. The first-order valence-corrected chi connectivity index (χ1v) is 6.21. The van der Waals surface area contributed by atoms with Crippen LogP contribution in [0.25, 0.3) is 5.69 Å². The molecule has 0 unspecified atom stereocenters. The summed E-state index contributed by atoms with van der Waals surface area (Å²) in [6.45, 7) is 6.05. The topological polar surface area (TPSA) is 86.9 Å². The van der Waals surface area contributed by atoms with E-state index in [1.807, 2.05) is 19.9 Å². The fourth-order valence-corrected chi connectivity index (χ4v) is 2.37. The van der Waals surface area contributed by atoms with Gasteiger partial charge in [-0.05, 0) is 38.0 Å². The van der Waals surface area contributed by atoms with Crippen molar-refractivity contribution in [3.63, 3.8) is 0 Å². The van der Waals surface area contributed by atoms with Crippen LogP contribution in [0.15, 0.2) is 18.2 Å². The minimum atomic E-state index is -0.531. The summed E-state index contributed by atoms with van der Waals surface area (Å²) in [7, 11) is 0. The molecular formula is C14H18N4O. The number of aromatic nitrogens is 2. The molecule has 0 aliphatic rings. The normalized spacial score (nSPS) is 10.7. The van der Waals surface area contributed by atoms with Gasteiger partial charge in [-0.2, -0.15) is 5.10 Å². The van der Waals surface area contributed by atoms with Gasteiger partial charge in [0.25, 0.3) is 5.91 Å². The highest BCUT2D eigenvalue weighted by Crippen LogP contribution is 2.25. The molecule has 1 aromatic carbocycles. The summed E-state index contributed by atoms with van der Waals surface area (Å²) in [5.41, 5.74) is 15.9. The maximum atomic E-state index is 11.3. The number of nitrogens with two attached hydrogens (primary N) is 2. The summed E-state index contributed by atoms with van der Waals surface area (Å²) < 4.78 is 1.77. The molecule has 0 atom stereocenters. The maximum Gasteiger partial charge on any atom is 0.250 e. The molecule has 0 saturated heterocycles. The number of rotatable bonds is 3. The summed E-state index contributed by atoms with van der Waals surface area (Å²) in [4.78, 5) is 11.3. The molecule has 100 valence electrons. The molecule has 0 radical (unpaired) electrons. The fraction of sp³-hybridized carbons (Fsp3) is 0.286. The molecule has 1 aromatic heterocycles. The zero-order chi connectivity index (χ0) is 14.2. The highest BCUT2D eigenvalue weighted by atomic mass is 16.1. The number of carbonyl (C=O) groups excluding carboxylic acids is 1. The Hall–Kier alpha value is -2.30. The average Bonchev–Trinajstić information content (AvgIpc) is 2.64. The summed E-state index contributed by atoms with van der Waals surface area (Å²) in [6.07, 6.45) is 0.910. The number of amides is 1. The van der Waals surface area contributed by atoms with Crippen LogP contribution >= 0.6 is 0 Å². The third kappa shape index (κ3) is 2.07. The quantitative estimate of drug-likeness (QED) is 0.822. The number of hydrogen-bond donors (Lipinski definition) is 2. The molecule has 1 amide bonds. The highest BCUT2D eigenvalue weighted by molar-refractivity contribution is 5.99. The lowest BCUT2D eigenvalue weighted by atomic mass is 10.1. The number of aryl methyl sites for hydroxylation is 1. The lowest BCUT2D eigenvalue weighted by molar-refractivity contribution is 0.100. The molecule has 0 bridgehead atoms. The van der Waals surface area contributed by atoms with Crippen LogP contribution in [0.5, 0.6) is 0 Å². The molecular weight excluding hydrogens is 240 g/mol. The lowest BCUT2D eigenvalue weighted by Crippen LogP contribution is -2.15. The van der Waals surface area contributed by atoms with Crippen LogP contribution in [0, 0.1) is 13.8 Å². The minimum Gasteiger partial charge on any atom is -0.396 e. The Morgan fingerprint density at radius 3 is 2.58 bits per heavy atom. The van der Waals surface area contributed by atoms with Gasteiger partial charge in [0.2, 0.25) is 0 Å². The van der Waals surface area contributed by atoms with E-state index in [0.29, 0.717) is 16.9 Å². The van der Waals surface area contributed by atoms with Crippen molar-refractivity contribution in [2.45, 2.75) is 27.2 Å². The summed E-state index contributed by atoms with van der Waals surface area (Å²) in [6, 6.07) is 5.21. The lowest BCUT2D eigenvalue weighted by Gasteiger charge is -2.10. The first kappa shape index (κ1) is 13.1. The Morgan fingerprint density at radius 1 is 1.37 bits per heavy atom. The van der Waals surface area contributed by atoms with Gasteiger partial charge in [0.1, 0.15) is 0 Å². The van der Waals surface area contributed by atoms with Gasteiger partial charge in [-0.1, -0.05) is 13.0 Å². The van der Waals surface area contributed by atoms with E-state index in [-0.39, 0.29) is 0 Å². The van der Waals surface area contributed by atoms with Crippen molar-refractivity contribution in [3.8, 4) is 5.69 Å². The number of carbonyl (C=O) groups is 1. The SMILES string of the molecule is CCc1c(C)nn(-c2cccc(C(N)=O)c2N)c1C. The zero-order valence-corrected chi connectivity index (χ0v) is 11.4. The van der Waals surface area contributed by atoms with Crippen LogP contribution in [0.2, 0.25) is 0 Å². The Bertz CT molecular complexity index is 643. The van der Waals surface area contributed by atoms with Crippen molar-refractivity contribution in [2.75, 3.05) is 5.73 Å². The van der Waals surface area contributed by atoms with Crippen molar-refractivity contribution in [2.24, 2.45) is 5.73 Å². The van der Waals surface area contributed by atoms with Crippen LogP contribution in [0.1, 0.15) is 34.2 Å². The molecule has 5 heteroatoms. The molecule has 0 aliphatic carbocycles. The van der Waals surface area contributed by atoms with Gasteiger partial charge in [-0.25, -0.2) is 4.68 Å². The largest absolute Gasteiger partial charge is 0.396 e. The van der Waals surface area contributed by atoms with E-state index in [1.165, 1.54) is 5.56 Å². The zero-order valence-electron chi connectivity index (χ0n) is 11.4. The summed E-state index contributed by atoms with van der Waals surface area (Å²) in [5, 5.41) is 4.50. The second kappa shape index (κ2) is 4.76. The molecule has 0 spiro atoms. The van der Waals surface area contributed by atoms with Gasteiger partial charge in [0.15, 0.2) is 0 Å². The Labute approximate surface area is 112 Å². The number of benzene rings is 1. The Kier molecular flexibility index (Phi) is 3.29. The van der Waals surface area contributed by atoms with Gasteiger partial charge in [-0.3, -0.25) is 4.79 Å². The second-order valence-electron chi connectivity index (χ2n) is 4.52. The smallest absolute Gasteiger partial charge is 0.250 e. The second-order valence-corrected chi connectivity index (χ2v) is 4.52. The van der Waals surface area contributed by atoms with Crippen LogP contribution in [-0.2, 0) is 6.42 Å². The molecule has 2 aromatic rings. The highest BCUT2D eigenvalue weighted by Gasteiger charge is 2.16. The van der Waals surface area contributed by atoms with Crippen LogP contribution < -0.4 is 11.5 Å². The molecule has 1 heterocycles. The summed E-state index contributed by atoms with van der Waals surface area (Å²) >= 11 is 0. The third-order valence-electron chi connectivity index (χ3n) is 3.37. The van der Waals surface area contributed by atoms with Gasteiger partial charge < -0.3 is 11.5 Å². The van der Waals surface area contributed by atoms with Gasteiger partial charge in [0, 0.05) is 5.69 Å². The molecule has 4 N–H and O–H groups in total. The van der Waals surface area contributed by atoms with Crippen LogP contribution in [0.4, 0.5) is 5.69 Å². The predicted molar refractivity (Wildman–Crippen MR) is 75.3 cm³/mol. The van der Waals surface area contributed by atoms with Crippen molar-refractivity contribution in [3.05, 3.63) is 40.7 Å². The van der Waals surface area contributed by atoms with Crippen LogP contribution in [0.3, 0.4) is 0 Å². The number of para-hydroxylation sites is 1. The Balaban J connectivity index is 2.66. The first-order valence-electron chi connectivity index (χ1n) is 6.21. The average molecular weight is 258 g/mol. The van der Waals surface area contributed by atoms with E-state index in [9.17, 15) is 4.79 Å². The van der Waals surface area contributed by atoms with Crippen molar-refractivity contribution in [1.82, 2.24) is 9.78 Å². The van der Waals surface area contributed by atoms with E-state index >= 15 is 0 Å². The minimum absolute atomic E-state index is 0.322. The molecule has 2 rings (SSSR count). The Morgan fingerprint density at radius 2 is 2.05 bits per heavy atom. The van der Waals surface area contributed by atoms with Gasteiger partial charge >= 0.3 is 0 Å². The molecule has 0 aliphatic heterocycles. The third-order valence-corrected chi connectivity index (χ3v) is 3.37. The summed E-state index contributed by atoms with van der Waals surface area (Å²) in [5.74, 6) is -0.531. The van der Waals surface area contributed by atoms with Crippen LogP contribution in [-0.4, -0.2) is 15.7 Å². The van der Waals surface area contributed by atoms with Gasteiger partial charge in [0.05, 0.1) is 22.6 Å². The number of nitrogen functional groups attached to an aromatic ring is 1. The van der Waals surface area contributed by atoms with Crippen molar-refractivity contribution >= 4 is 11.6 Å². The molecule has 0 fully saturated rings. The van der Waals surface area contributed by atoms with E-state index in [4.69, 9.17) is 11.5 Å². The van der Waals surface area contributed by atoms with E-state index in [2.05, 4.69) is 12.0 Å². The molecule has 0 saturated carbocycles. The number of nitrogens with zero attached hydrogens (tertiary/aromatic N) is 2. The number of hydrogen-bond acceptors (Lipinski definition) is 3. The number of anilines is 1. The molecule has 5 nitrogen and oxygen atoms in total. The van der Waals surface area contributed by atoms with Gasteiger partial charge in [-0.15, -0.1) is 0 Å². The van der Waals surface area contributed by atoms with Crippen molar-refractivity contribution in [1.29, 1.82) is 0 Å². The first-order chi connectivity index (χ1) is 8.97.